The number of amides is 2. The number of carbonyl (C=O) groups excluding carboxylic acids is 2. The van der Waals surface area contributed by atoms with Gasteiger partial charge in [-0.3, -0.25) is 9.59 Å². The van der Waals surface area contributed by atoms with Gasteiger partial charge in [0.1, 0.15) is 0 Å². The van der Waals surface area contributed by atoms with Crippen LogP contribution in [0.1, 0.15) is 51.9 Å². The van der Waals surface area contributed by atoms with E-state index in [2.05, 4.69) is 5.32 Å². The zero-order valence-corrected chi connectivity index (χ0v) is 12.9. The maximum atomic E-state index is 12.5. The van der Waals surface area contributed by atoms with Crippen molar-refractivity contribution in [2.75, 3.05) is 13.1 Å². The highest BCUT2D eigenvalue weighted by Crippen LogP contribution is 2.37. The summed E-state index contributed by atoms with van der Waals surface area (Å²) >= 11 is 0. The van der Waals surface area contributed by atoms with Gasteiger partial charge in [-0.05, 0) is 45.4 Å². The van der Waals surface area contributed by atoms with Crippen LogP contribution >= 0.6 is 0 Å². The van der Waals surface area contributed by atoms with Crippen LogP contribution in [0.15, 0.2) is 0 Å². The molecule has 21 heavy (non-hydrogen) atoms. The summed E-state index contributed by atoms with van der Waals surface area (Å²) in [5.41, 5.74) is 5.71. The summed E-state index contributed by atoms with van der Waals surface area (Å²) in [6.07, 6.45) is 6.74. The van der Waals surface area contributed by atoms with Gasteiger partial charge in [0.05, 0.1) is 5.41 Å². The maximum Gasteiger partial charge on any atom is 0.227 e. The quantitative estimate of drug-likeness (QED) is 0.816. The molecule has 5 nitrogen and oxygen atoms in total. The Balaban J connectivity index is 1.48. The monoisotopic (exact) mass is 293 g/mol. The molecule has 0 spiro atoms. The topological polar surface area (TPSA) is 75.4 Å². The van der Waals surface area contributed by atoms with E-state index in [-0.39, 0.29) is 18.0 Å². The Bertz CT molecular complexity index is 427. The fourth-order valence-corrected chi connectivity index (χ4v) is 3.66. The zero-order chi connectivity index (χ0) is 15.0. The van der Waals surface area contributed by atoms with Crippen LogP contribution in [0.2, 0.25) is 0 Å². The lowest BCUT2D eigenvalue weighted by molar-refractivity contribution is -0.134. The first-order chi connectivity index (χ1) is 10.0. The van der Waals surface area contributed by atoms with Gasteiger partial charge in [-0.15, -0.1) is 0 Å². The van der Waals surface area contributed by atoms with Crippen LogP contribution in [0.3, 0.4) is 0 Å². The fourth-order valence-electron chi connectivity index (χ4n) is 3.66. The first kappa shape index (κ1) is 14.8. The van der Waals surface area contributed by atoms with Crippen molar-refractivity contribution in [2.45, 2.75) is 64.0 Å². The van der Waals surface area contributed by atoms with E-state index in [0.717, 1.165) is 58.0 Å². The molecule has 1 aliphatic heterocycles. The molecule has 3 rings (SSSR count). The SMILES string of the molecule is CC1(C(=O)NC2CCN(C(=O)C3CC3)CC2)CCCC1N. The Morgan fingerprint density at radius 3 is 2.33 bits per heavy atom. The van der Waals surface area contributed by atoms with Crippen molar-refractivity contribution in [3.05, 3.63) is 0 Å². The van der Waals surface area contributed by atoms with Gasteiger partial charge in [-0.2, -0.15) is 0 Å². The van der Waals surface area contributed by atoms with E-state index in [1.165, 1.54) is 0 Å². The molecule has 0 bridgehead atoms. The zero-order valence-electron chi connectivity index (χ0n) is 12.9. The third-order valence-corrected chi connectivity index (χ3v) is 5.62. The number of hydrogen-bond donors (Lipinski definition) is 2. The highest BCUT2D eigenvalue weighted by molar-refractivity contribution is 5.84. The normalized spacial score (nSPS) is 34.0. The van der Waals surface area contributed by atoms with E-state index >= 15 is 0 Å². The van der Waals surface area contributed by atoms with E-state index in [9.17, 15) is 9.59 Å². The molecule has 5 heteroatoms. The third kappa shape index (κ3) is 2.93. The number of piperidine rings is 1. The van der Waals surface area contributed by atoms with Gasteiger partial charge in [-0.1, -0.05) is 6.42 Å². The van der Waals surface area contributed by atoms with Crippen molar-refractivity contribution in [1.82, 2.24) is 10.2 Å². The summed E-state index contributed by atoms with van der Waals surface area (Å²) in [6.45, 7) is 3.55. The number of carbonyl (C=O) groups is 2. The van der Waals surface area contributed by atoms with Crippen LogP contribution in [0, 0.1) is 11.3 Å². The standard InChI is InChI=1S/C16H27N3O2/c1-16(8-2-3-13(16)17)15(21)18-12-6-9-19(10-7-12)14(20)11-4-5-11/h11-13H,2-10,17H2,1H3,(H,18,21). The lowest BCUT2D eigenvalue weighted by Gasteiger charge is -2.35. The van der Waals surface area contributed by atoms with Crippen molar-refractivity contribution < 1.29 is 9.59 Å². The molecule has 3 fully saturated rings. The molecule has 2 unspecified atom stereocenters. The minimum atomic E-state index is -0.402. The molecule has 0 radical (unpaired) electrons. The van der Waals surface area contributed by atoms with Crippen molar-refractivity contribution in [1.29, 1.82) is 0 Å². The average molecular weight is 293 g/mol. The Kier molecular flexibility index (Phi) is 3.95. The van der Waals surface area contributed by atoms with Crippen LogP contribution in [0.25, 0.3) is 0 Å². The first-order valence-corrected chi connectivity index (χ1v) is 8.36. The molecule has 3 aliphatic rings. The van der Waals surface area contributed by atoms with Crippen LogP contribution in [0.4, 0.5) is 0 Å². The maximum absolute atomic E-state index is 12.5. The first-order valence-electron chi connectivity index (χ1n) is 8.36. The van der Waals surface area contributed by atoms with E-state index in [1.54, 1.807) is 0 Å². The van der Waals surface area contributed by atoms with E-state index in [1.807, 2.05) is 11.8 Å². The molecule has 3 N–H and O–H groups in total. The molecule has 2 aliphatic carbocycles. The number of nitrogens with one attached hydrogen (secondary N) is 1. The predicted molar refractivity (Wildman–Crippen MR) is 80.4 cm³/mol. The Morgan fingerprint density at radius 2 is 1.81 bits per heavy atom. The highest BCUT2D eigenvalue weighted by atomic mass is 16.2. The molecule has 2 atom stereocenters. The second kappa shape index (κ2) is 5.59. The van der Waals surface area contributed by atoms with Gasteiger partial charge in [0.2, 0.25) is 11.8 Å². The minimum Gasteiger partial charge on any atom is -0.353 e. The van der Waals surface area contributed by atoms with E-state index in [4.69, 9.17) is 5.73 Å². The number of hydrogen-bond acceptors (Lipinski definition) is 3. The molecule has 0 aromatic rings. The summed E-state index contributed by atoms with van der Waals surface area (Å²) in [7, 11) is 0. The number of rotatable bonds is 3. The molecule has 2 amide bonds. The smallest absolute Gasteiger partial charge is 0.227 e. The van der Waals surface area contributed by atoms with Gasteiger partial charge >= 0.3 is 0 Å². The van der Waals surface area contributed by atoms with Crippen LogP contribution in [0.5, 0.6) is 0 Å². The van der Waals surface area contributed by atoms with Gasteiger partial charge in [0.25, 0.3) is 0 Å². The van der Waals surface area contributed by atoms with Crippen molar-refractivity contribution >= 4 is 11.8 Å². The Hall–Kier alpha value is -1.10. The summed E-state index contributed by atoms with van der Waals surface area (Å²) in [5, 5.41) is 3.18. The van der Waals surface area contributed by atoms with E-state index in [0.29, 0.717) is 11.8 Å². The van der Waals surface area contributed by atoms with Gasteiger partial charge in [0.15, 0.2) is 0 Å². The van der Waals surface area contributed by atoms with Crippen molar-refractivity contribution in [3.8, 4) is 0 Å². The summed E-state index contributed by atoms with van der Waals surface area (Å²) in [5.74, 6) is 0.732. The summed E-state index contributed by atoms with van der Waals surface area (Å²) in [6, 6.07) is 0.180. The van der Waals surface area contributed by atoms with Gasteiger partial charge in [-0.25, -0.2) is 0 Å². The van der Waals surface area contributed by atoms with Crippen molar-refractivity contribution in [2.24, 2.45) is 17.1 Å². The van der Waals surface area contributed by atoms with Crippen LogP contribution in [-0.2, 0) is 9.59 Å². The summed E-state index contributed by atoms with van der Waals surface area (Å²) < 4.78 is 0. The molecule has 0 aromatic heterocycles. The lowest BCUT2D eigenvalue weighted by Crippen LogP contribution is -2.53. The van der Waals surface area contributed by atoms with Crippen LogP contribution in [-0.4, -0.2) is 41.9 Å². The molecule has 118 valence electrons. The van der Waals surface area contributed by atoms with E-state index < -0.39 is 5.41 Å². The predicted octanol–water partition coefficient (Wildman–Crippen LogP) is 1.02. The molecular weight excluding hydrogens is 266 g/mol. The molecule has 1 heterocycles. The molecule has 0 aromatic carbocycles. The molecular formula is C16H27N3O2. The average Bonchev–Trinajstić information content (AvgIpc) is 3.26. The van der Waals surface area contributed by atoms with Gasteiger partial charge in [0, 0.05) is 31.1 Å². The fraction of sp³-hybridized carbons (Fsp3) is 0.875. The Labute approximate surface area is 126 Å². The second-order valence-electron chi connectivity index (χ2n) is 7.26. The van der Waals surface area contributed by atoms with Crippen LogP contribution < -0.4 is 11.1 Å². The number of nitrogens with zero attached hydrogens (tertiary/aromatic N) is 1. The van der Waals surface area contributed by atoms with Crippen molar-refractivity contribution in [3.63, 3.8) is 0 Å². The lowest BCUT2D eigenvalue weighted by atomic mass is 9.83. The third-order valence-electron chi connectivity index (χ3n) is 5.62. The van der Waals surface area contributed by atoms with Gasteiger partial charge < -0.3 is 16.0 Å². The highest BCUT2D eigenvalue weighted by Gasteiger charge is 2.44. The minimum absolute atomic E-state index is 0.0194. The molecule has 1 saturated heterocycles. The second-order valence-corrected chi connectivity index (χ2v) is 7.26. The number of likely N-dealkylation sites (tertiary alicyclic amines) is 1. The summed E-state index contributed by atoms with van der Waals surface area (Å²) in [4.78, 5) is 26.5. The molecule has 2 saturated carbocycles. The Morgan fingerprint density at radius 1 is 1.14 bits per heavy atom. The largest absolute Gasteiger partial charge is 0.353 e. The number of nitrogens with two attached hydrogens (primary N) is 1.